The van der Waals surface area contributed by atoms with E-state index in [4.69, 9.17) is 4.74 Å². The van der Waals surface area contributed by atoms with Crippen LogP contribution in [0.15, 0.2) is 11.6 Å². The Kier molecular flexibility index (Phi) is 2.90. The Hall–Kier alpha value is -0.790. The smallest absolute Gasteiger partial charge is 0.334 e. The summed E-state index contributed by atoms with van der Waals surface area (Å²) in [5.74, 6) is 0.549. The number of carbonyl (C=O) groups is 1. The van der Waals surface area contributed by atoms with Crippen molar-refractivity contribution in [1.29, 1.82) is 0 Å². The number of esters is 1. The normalized spacial score (nSPS) is 32.2. The molecule has 0 bridgehead atoms. The lowest BCUT2D eigenvalue weighted by Crippen LogP contribution is -2.22. The molecule has 2 aliphatic rings. The first-order valence-electron chi connectivity index (χ1n) is 5.67. The molecule has 2 fully saturated rings. The van der Waals surface area contributed by atoms with Gasteiger partial charge in [-0.25, -0.2) is 4.79 Å². The van der Waals surface area contributed by atoms with Gasteiger partial charge in [-0.1, -0.05) is 25.3 Å². The molecule has 2 heteroatoms. The van der Waals surface area contributed by atoms with E-state index in [1.54, 1.807) is 0 Å². The van der Waals surface area contributed by atoms with Gasteiger partial charge in [0.2, 0.25) is 0 Å². The average molecular weight is 194 g/mol. The van der Waals surface area contributed by atoms with Gasteiger partial charge in [0.05, 0.1) is 0 Å². The van der Waals surface area contributed by atoms with Gasteiger partial charge >= 0.3 is 5.97 Å². The van der Waals surface area contributed by atoms with Crippen LogP contribution in [0.3, 0.4) is 0 Å². The lowest BCUT2D eigenvalue weighted by Gasteiger charge is -2.25. The van der Waals surface area contributed by atoms with Crippen molar-refractivity contribution in [1.82, 2.24) is 0 Å². The van der Waals surface area contributed by atoms with Gasteiger partial charge in [0.25, 0.3) is 0 Å². The maximum absolute atomic E-state index is 11.4. The summed E-state index contributed by atoms with van der Waals surface area (Å²) in [5.41, 5.74) is 0.876. The molecule has 1 saturated heterocycles. The van der Waals surface area contributed by atoms with Gasteiger partial charge in [-0.05, 0) is 25.7 Å². The van der Waals surface area contributed by atoms with E-state index in [-0.39, 0.29) is 12.1 Å². The Morgan fingerprint density at radius 1 is 1.29 bits per heavy atom. The molecule has 2 rings (SSSR count). The van der Waals surface area contributed by atoms with E-state index in [0.29, 0.717) is 5.92 Å². The summed E-state index contributed by atoms with van der Waals surface area (Å²) in [4.78, 5) is 11.4. The van der Waals surface area contributed by atoms with Crippen LogP contribution in [-0.2, 0) is 9.53 Å². The lowest BCUT2D eigenvalue weighted by atomic mass is 9.84. The quantitative estimate of drug-likeness (QED) is 0.474. The average Bonchev–Trinajstić information content (AvgIpc) is 2.61. The van der Waals surface area contributed by atoms with Gasteiger partial charge in [0, 0.05) is 12.0 Å². The van der Waals surface area contributed by atoms with Gasteiger partial charge in [-0.2, -0.15) is 0 Å². The van der Waals surface area contributed by atoms with Crippen molar-refractivity contribution in [3.05, 3.63) is 11.6 Å². The number of carbonyl (C=O) groups excluding carboxylic acids is 1. The molecule has 0 aromatic carbocycles. The van der Waals surface area contributed by atoms with Crippen LogP contribution in [0.2, 0.25) is 0 Å². The van der Waals surface area contributed by atoms with E-state index in [2.05, 4.69) is 0 Å². The molecule has 1 heterocycles. The minimum atomic E-state index is -0.0805. The number of allylic oxidation sites excluding steroid dienone is 1. The van der Waals surface area contributed by atoms with E-state index < -0.39 is 0 Å². The van der Waals surface area contributed by atoms with E-state index in [1.165, 1.54) is 32.1 Å². The maximum atomic E-state index is 11.4. The molecule has 0 spiro atoms. The van der Waals surface area contributed by atoms with Crippen molar-refractivity contribution in [3.8, 4) is 0 Å². The molecule has 14 heavy (non-hydrogen) atoms. The number of hydrogen-bond donors (Lipinski definition) is 0. The Morgan fingerprint density at radius 3 is 2.57 bits per heavy atom. The summed E-state index contributed by atoms with van der Waals surface area (Å²) in [7, 11) is 0. The van der Waals surface area contributed by atoms with E-state index in [0.717, 1.165) is 12.0 Å². The largest absolute Gasteiger partial charge is 0.458 e. The van der Waals surface area contributed by atoms with E-state index in [9.17, 15) is 4.79 Å². The highest BCUT2D eigenvalue weighted by Gasteiger charge is 2.34. The summed E-state index contributed by atoms with van der Waals surface area (Å²) < 4.78 is 5.40. The molecular weight excluding hydrogens is 176 g/mol. The van der Waals surface area contributed by atoms with Crippen LogP contribution in [0.1, 0.15) is 45.4 Å². The standard InChI is InChI=1S/C12H18O2/c1-2-9-8-11(14-12(9)13)10-6-4-3-5-7-10/h2,10-11H,3-8H2,1H3/b9-2-. The van der Waals surface area contributed by atoms with E-state index >= 15 is 0 Å². The molecule has 1 unspecified atom stereocenters. The van der Waals surface area contributed by atoms with Crippen molar-refractivity contribution in [2.24, 2.45) is 5.92 Å². The van der Waals surface area contributed by atoms with Crippen molar-refractivity contribution in [2.75, 3.05) is 0 Å². The van der Waals surface area contributed by atoms with Crippen LogP contribution in [0.25, 0.3) is 0 Å². The first kappa shape index (κ1) is 9.75. The third kappa shape index (κ3) is 1.84. The topological polar surface area (TPSA) is 26.3 Å². The number of hydrogen-bond acceptors (Lipinski definition) is 2. The first-order valence-corrected chi connectivity index (χ1v) is 5.67. The summed E-state index contributed by atoms with van der Waals surface area (Å²) in [6, 6.07) is 0. The molecular formula is C12H18O2. The fourth-order valence-corrected chi connectivity index (χ4v) is 2.56. The number of cyclic esters (lactones) is 1. The second-order valence-electron chi connectivity index (χ2n) is 4.36. The third-order valence-corrected chi connectivity index (χ3v) is 3.47. The molecule has 78 valence electrons. The lowest BCUT2D eigenvalue weighted by molar-refractivity contribution is -0.141. The van der Waals surface area contributed by atoms with Crippen molar-refractivity contribution < 1.29 is 9.53 Å². The summed E-state index contributed by atoms with van der Waals surface area (Å²) in [5, 5.41) is 0. The highest BCUT2D eigenvalue weighted by Crippen LogP contribution is 2.34. The zero-order chi connectivity index (χ0) is 9.97. The Labute approximate surface area is 85.3 Å². The highest BCUT2D eigenvalue weighted by molar-refractivity contribution is 5.90. The van der Waals surface area contributed by atoms with Gasteiger partial charge < -0.3 is 4.74 Å². The molecule has 0 N–H and O–H groups in total. The first-order chi connectivity index (χ1) is 6.81. The minimum Gasteiger partial charge on any atom is -0.458 e. The highest BCUT2D eigenvalue weighted by atomic mass is 16.5. The molecule has 1 aliphatic heterocycles. The second-order valence-corrected chi connectivity index (χ2v) is 4.36. The Morgan fingerprint density at radius 2 is 2.00 bits per heavy atom. The molecule has 1 atom stereocenters. The van der Waals surface area contributed by atoms with Gasteiger partial charge in [-0.15, -0.1) is 0 Å². The minimum absolute atomic E-state index is 0.0805. The Balaban J connectivity index is 1.96. The van der Waals surface area contributed by atoms with Crippen molar-refractivity contribution >= 4 is 5.97 Å². The SMILES string of the molecule is C/C=C1/CC(C2CCCCC2)OC1=O. The molecule has 1 aliphatic carbocycles. The fourth-order valence-electron chi connectivity index (χ4n) is 2.56. The molecule has 0 radical (unpaired) electrons. The third-order valence-electron chi connectivity index (χ3n) is 3.47. The van der Waals surface area contributed by atoms with Gasteiger partial charge in [0.1, 0.15) is 6.10 Å². The van der Waals surface area contributed by atoms with Crippen LogP contribution >= 0.6 is 0 Å². The summed E-state index contributed by atoms with van der Waals surface area (Å²) >= 11 is 0. The predicted octanol–water partition coefficient (Wildman–Crippen LogP) is 2.83. The van der Waals surface area contributed by atoms with Gasteiger partial charge in [-0.3, -0.25) is 0 Å². The van der Waals surface area contributed by atoms with Crippen LogP contribution < -0.4 is 0 Å². The number of rotatable bonds is 1. The fraction of sp³-hybridized carbons (Fsp3) is 0.750. The zero-order valence-corrected chi connectivity index (χ0v) is 8.79. The number of ether oxygens (including phenoxy) is 1. The predicted molar refractivity (Wildman–Crippen MR) is 54.8 cm³/mol. The van der Waals surface area contributed by atoms with Crippen LogP contribution in [0.4, 0.5) is 0 Å². The van der Waals surface area contributed by atoms with Crippen molar-refractivity contribution in [3.63, 3.8) is 0 Å². The molecule has 1 saturated carbocycles. The second kappa shape index (κ2) is 4.16. The van der Waals surface area contributed by atoms with Crippen LogP contribution in [0, 0.1) is 5.92 Å². The van der Waals surface area contributed by atoms with E-state index in [1.807, 2.05) is 13.0 Å². The molecule has 0 amide bonds. The monoisotopic (exact) mass is 194 g/mol. The molecule has 0 aromatic rings. The van der Waals surface area contributed by atoms with Crippen molar-refractivity contribution in [2.45, 2.75) is 51.6 Å². The van der Waals surface area contributed by atoms with Gasteiger partial charge in [0.15, 0.2) is 0 Å². The summed E-state index contributed by atoms with van der Waals surface area (Å²) in [6.07, 6.45) is 9.39. The molecule has 2 nitrogen and oxygen atoms in total. The maximum Gasteiger partial charge on any atom is 0.334 e. The van der Waals surface area contributed by atoms with Crippen LogP contribution in [-0.4, -0.2) is 12.1 Å². The zero-order valence-electron chi connectivity index (χ0n) is 8.79. The molecule has 0 aromatic heterocycles. The Bertz CT molecular complexity index is 249. The van der Waals surface area contributed by atoms with Crippen LogP contribution in [0.5, 0.6) is 0 Å². The summed E-state index contributed by atoms with van der Waals surface area (Å²) in [6.45, 7) is 1.92.